The Labute approximate surface area is 88.3 Å². The monoisotopic (exact) mass is 208 g/mol. The second-order valence-corrected chi connectivity index (χ2v) is 4.92. The minimum Gasteiger partial charge on any atom is -0.357 e. The third kappa shape index (κ3) is 1.50. The van der Waals surface area contributed by atoms with Gasteiger partial charge in [-0.2, -0.15) is 0 Å². The lowest BCUT2D eigenvalue weighted by molar-refractivity contribution is 0.574. The summed E-state index contributed by atoms with van der Waals surface area (Å²) in [7, 11) is 0. The van der Waals surface area contributed by atoms with Gasteiger partial charge in [-0.05, 0) is 6.07 Å². The summed E-state index contributed by atoms with van der Waals surface area (Å²) in [4.78, 5) is 7.37. The highest BCUT2D eigenvalue weighted by Crippen LogP contribution is 2.28. The molecule has 0 fully saturated rings. The number of pyridine rings is 1. The Morgan fingerprint density at radius 3 is 2.57 bits per heavy atom. The van der Waals surface area contributed by atoms with Crippen LogP contribution in [0.5, 0.6) is 0 Å². The van der Waals surface area contributed by atoms with Gasteiger partial charge in [0.05, 0.1) is 16.7 Å². The smallest absolute Gasteiger partial charge is 0.0683 e. The number of halogens is 1. The van der Waals surface area contributed by atoms with Crippen molar-refractivity contribution in [3.8, 4) is 0 Å². The van der Waals surface area contributed by atoms with Crippen molar-refractivity contribution in [2.24, 2.45) is 0 Å². The van der Waals surface area contributed by atoms with Crippen LogP contribution in [0.15, 0.2) is 18.5 Å². The summed E-state index contributed by atoms with van der Waals surface area (Å²) >= 11 is 6.04. The molecule has 3 heteroatoms. The van der Waals surface area contributed by atoms with Crippen LogP contribution in [0.2, 0.25) is 5.02 Å². The molecule has 2 heterocycles. The molecule has 14 heavy (non-hydrogen) atoms. The van der Waals surface area contributed by atoms with E-state index in [1.54, 1.807) is 12.4 Å². The summed E-state index contributed by atoms with van der Waals surface area (Å²) in [5.74, 6) is 0. The molecule has 0 saturated carbocycles. The number of aromatic amines is 1. The van der Waals surface area contributed by atoms with E-state index in [4.69, 9.17) is 11.6 Å². The highest BCUT2D eigenvalue weighted by atomic mass is 35.5. The highest BCUT2D eigenvalue weighted by Gasteiger charge is 2.16. The van der Waals surface area contributed by atoms with Crippen LogP contribution < -0.4 is 0 Å². The summed E-state index contributed by atoms with van der Waals surface area (Å²) in [6, 6.07) is 2.10. The highest BCUT2D eigenvalue weighted by molar-refractivity contribution is 6.35. The summed E-state index contributed by atoms with van der Waals surface area (Å²) in [6.45, 7) is 6.50. The molecule has 0 aliphatic carbocycles. The molecule has 0 bridgehead atoms. The predicted octanol–water partition coefficient (Wildman–Crippen LogP) is 3.51. The first kappa shape index (κ1) is 9.53. The Balaban J connectivity index is 2.69. The maximum absolute atomic E-state index is 6.04. The Kier molecular flexibility index (Phi) is 2.04. The van der Waals surface area contributed by atoms with E-state index < -0.39 is 0 Å². The maximum atomic E-state index is 6.04. The number of aromatic nitrogens is 2. The van der Waals surface area contributed by atoms with E-state index >= 15 is 0 Å². The van der Waals surface area contributed by atoms with Gasteiger partial charge in [-0.3, -0.25) is 4.98 Å². The van der Waals surface area contributed by atoms with Gasteiger partial charge in [-0.15, -0.1) is 0 Å². The average Bonchev–Trinajstić information content (AvgIpc) is 2.48. The Morgan fingerprint density at radius 1 is 1.29 bits per heavy atom. The Morgan fingerprint density at radius 2 is 2.00 bits per heavy atom. The predicted molar refractivity (Wildman–Crippen MR) is 59.8 cm³/mol. The molecule has 2 aromatic rings. The van der Waals surface area contributed by atoms with E-state index in [0.29, 0.717) is 5.02 Å². The number of fused-ring (bicyclic) bond motifs is 1. The molecule has 74 valence electrons. The lowest BCUT2D eigenvalue weighted by Gasteiger charge is -2.15. The normalized spacial score (nSPS) is 12.3. The molecule has 0 aromatic carbocycles. The number of nitrogens with zero attached hydrogens (tertiary/aromatic N) is 1. The van der Waals surface area contributed by atoms with Crippen LogP contribution >= 0.6 is 11.6 Å². The molecule has 0 amide bonds. The van der Waals surface area contributed by atoms with Gasteiger partial charge >= 0.3 is 0 Å². The van der Waals surface area contributed by atoms with Crippen LogP contribution in [0.25, 0.3) is 10.9 Å². The van der Waals surface area contributed by atoms with Crippen molar-refractivity contribution in [3.05, 3.63) is 29.2 Å². The van der Waals surface area contributed by atoms with Crippen molar-refractivity contribution in [1.29, 1.82) is 0 Å². The van der Waals surface area contributed by atoms with Gasteiger partial charge in [-0.25, -0.2) is 0 Å². The first-order valence-electron chi connectivity index (χ1n) is 4.61. The topological polar surface area (TPSA) is 28.7 Å². The van der Waals surface area contributed by atoms with Crippen LogP contribution in [0.1, 0.15) is 26.5 Å². The molecule has 0 spiro atoms. The van der Waals surface area contributed by atoms with Gasteiger partial charge in [0.1, 0.15) is 0 Å². The number of hydrogen-bond acceptors (Lipinski definition) is 1. The number of nitrogens with one attached hydrogen (secondary N) is 1. The van der Waals surface area contributed by atoms with Gasteiger partial charge in [0, 0.05) is 22.7 Å². The molecule has 2 rings (SSSR count). The van der Waals surface area contributed by atoms with E-state index in [2.05, 4.69) is 36.8 Å². The molecule has 0 aliphatic rings. The first-order chi connectivity index (χ1) is 6.48. The second kappa shape index (κ2) is 2.99. The van der Waals surface area contributed by atoms with E-state index in [-0.39, 0.29) is 5.41 Å². The summed E-state index contributed by atoms with van der Waals surface area (Å²) in [5.41, 5.74) is 2.30. The third-order valence-corrected chi connectivity index (χ3v) is 2.61. The molecule has 0 radical (unpaired) electrons. The minimum absolute atomic E-state index is 0.113. The lowest BCUT2D eigenvalue weighted by Crippen LogP contribution is -2.10. The van der Waals surface area contributed by atoms with Gasteiger partial charge in [0.15, 0.2) is 0 Å². The quantitative estimate of drug-likeness (QED) is 0.705. The zero-order valence-corrected chi connectivity index (χ0v) is 9.31. The molecule has 0 unspecified atom stereocenters. The lowest BCUT2D eigenvalue weighted by atomic mass is 9.92. The van der Waals surface area contributed by atoms with E-state index in [0.717, 1.165) is 10.9 Å². The molecule has 0 saturated heterocycles. The summed E-state index contributed by atoms with van der Waals surface area (Å²) in [5, 5.41) is 1.75. The SMILES string of the molecule is CC(C)(C)c1cc2c(Cl)cncc2[nH]1. The first-order valence-corrected chi connectivity index (χ1v) is 4.99. The fraction of sp³-hybridized carbons (Fsp3) is 0.364. The zero-order chi connectivity index (χ0) is 10.3. The van der Waals surface area contributed by atoms with Crippen molar-refractivity contribution in [2.45, 2.75) is 26.2 Å². The Hall–Kier alpha value is -1.02. The van der Waals surface area contributed by atoms with Gasteiger partial charge < -0.3 is 4.98 Å². The molecular formula is C11H13ClN2. The van der Waals surface area contributed by atoms with Gasteiger partial charge in [0.25, 0.3) is 0 Å². The van der Waals surface area contributed by atoms with Crippen molar-refractivity contribution >= 4 is 22.5 Å². The zero-order valence-electron chi connectivity index (χ0n) is 8.56. The van der Waals surface area contributed by atoms with Crippen molar-refractivity contribution < 1.29 is 0 Å². The Bertz CT molecular complexity index is 466. The standard InChI is InChI=1S/C11H13ClN2/c1-11(2,3)10-4-7-8(12)5-13-6-9(7)14-10/h4-6,14H,1-3H3. The van der Waals surface area contributed by atoms with E-state index in [1.165, 1.54) is 5.69 Å². The number of hydrogen-bond donors (Lipinski definition) is 1. The fourth-order valence-corrected chi connectivity index (χ4v) is 1.63. The molecule has 0 atom stereocenters. The van der Waals surface area contributed by atoms with Crippen molar-refractivity contribution in [1.82, 2.24) is 9.97 Å². The molecule has 2 nitrogen and oxygen atoms in total. The molecule has 2 aromatic heterocycles. The van der Waals surface area contributed by atoms with Gasteiger partial charge in [-0.1, -0.05) is 32.4 Å². The molecular weight excluding hydrogens is 196 g/mol. The van der Waals surface area contributed by atoms with E-state index in [1.807, 2.05) is 0 Å². The third-order valence-electron chi connectivity index (χ3n) is 2.31. The molecule has 0 aliphatic heterocycles. The van der Waals surface area contributed by atoms with Crippen molar-refractivity contribution in [3.63, 3.8) is 0 Å². The average molecular weight is 209 g/mol. The van der Waals surface area contributed by atoms with Crippen LogP contribution in [-0.4, -0.2) is 9.97 Å². The fourth-order valence-electron chi connectivity index (χ4n) is 1.42. The molecule has 1 N–H and O–H groups in total. The van der Waals surface area contributed by atoms with Crippen LogP contribution in [0, 0.1) is 0 Å². The van der Waals surface area contributed by atoms with Crippen molar-refractivity contribution in [2.75, 3.05) is 0 Å². The van der Waals surface area contributed by atoms with Crippen LogP contribution in [0.3, 0.4) is 0 Å². The summed E-state index contributed by atoms with van der Waals surface area (Å²) in [6.07, 6.45) is 3.47. The summed E-state index contributed by atoms with van der Waals surface area (Å²) < 4.78 is 0. The maximum Gasteiger partial charge on any atom is 0.0683 e. The second-order valence-electron chi connectivity index (χ2n) is 4.52. The largest absolute Gasteiger partial charge is 0.357 e. The van der Waals surface area contributed by atoms with Crippen LogP contribution in [-0.2, 0) is 5.41 Å². The van der Waals surface area contributed by atoms with E-state index in [9.17, 15) is 0 Å². The van der Waals surface area contributed by atoms with Gasteiger partial charge in [0.2, 0.25) is 0 Å². The number of rotatable bonds is 0. The number of H-pyrrole nitrogens is 1. The minimum atomic E-state index is 0.113. The van der Waals surface area contributed by atoms with Crippen LogP contribution in [0.4, 0.5) is 0 Å².